The Morgan fingerprint density at radius 1 is 0.816 bits per heavy atom. The van der Waals surface area contributed by atoms with Crippen LogP contribution in [-0.2, 0) is 0 Å². The molecule has 0 unspecified atom stereocenters. The number of rotatable bonds is 5. The van der Waals surface area contributed by atoms with Gasteiger partial charge in [-0.1, -0.05) is 30.3 Å². The number of aromatic nitrogens is 2. The lowest BCUT2D eigenvalue weighted by atomic mass is 9.96. The van der Waals surface area contributed by atoms with Crippen LogP contribution in [0.4, 0.5) is 0 Å². The molecule has 0 atom stereocenters. The fourth-order valence-electron chi connectivity index (χ4n) is 4.59. The van der Waals surface area contributed by atoms with Gasteiger partial charge in [-0.05, 0) is 60.0 Å². The van der Waals surface area contributed by atoms with E-state index in [1.54, 1.807) is 30.6 Å². The quantitative estimate of drug-likeness (QED) is 0.311. The summed E-state index contributed by atoms with van der Waals surface area (Å²) in [5.74, 6) is 1.14. The van der Waals surface area contributed by atoms with E-state index in [9.17, 15) is 20.3 Å². The number of fused-ring (bicyclic) bond motifs is 1. The summed E-state index contributed by atoms with van der Waals surface area (Å²) in [5.41, 5.74) is 4.66. The second kappa shape index (κ2) is 9.64. The maximum absolute atomic E-state index is 12.4. The van der Waals surface area contributed by atoms with Gasteiger partial charge in [0.25, 0.3) is 5.56 Å². The highest BCUT2D eigenvalue weighted by Crippen LogP contribution is 2.38. The molecule has 0 aliphatic rings. The van der Waals surface area contributed by atoms with E-state index in [1.807, 2.05) is 36.4 Å². The van der Waals surface area contributed by atoms with Crippen molar-refractivity contribution in [2.24, 2.45) is 0 Å². The van der Waals surface area contributed by atoms with Crippen LogP contribution in [0, 0.1) is 18.3 Å². The smallest absolute Gasteiger partial charge is 0.273 e. The minimum atomic E-state index is -0.441. The van der Waals surface area contributed by atoms with Gasteiger partial charge in [0, 0.05) is 22.9 Å². The van der Waals surface area contributed by atoms with Crippen molar-refractivity contribution in [2.45, 2.75) is 6.92 Å². The number of phenolic OH excluding ortho intramolecular Hbond substituents is 2. The molecule has 3 aromatic carbocycles. The van der Waals surface area contributed by atoms with E-state index in [4.69, 9.17) is 9.47 Å². The third kappa shape index (κ3) is 4.16. The Hall–Kier alpha value is -5.29. The Morgan fingerprint density at radius 3 is 2.18 bits per heavy atom. The number of hydrogen-bond acceptors (Lipinski definition) is 7. The molecule has 5 rings (SSSR count). The van der Waals surface area contributed by atoms with Crippen molar-refractivity contribution >= 4 is 5.65 Å². The van der Waals surface area contributed by atoms with Crippen LogP contribution in [0.3, 0.4) is 0 Å². The van der Waals surface area contributed by atoms with Crippen molar-refractivity contribution in [1.82, 2.24) is 9.38 Å². The second-order valence-electron chi connectivity index (χ2n) is 8.67. The number of nitrogens with zero attached hydrogens (tertiary/aromatic N) is 3. The zero-order valence-electron chi connectivity index (χ0n) is 20.9. The Kier molecular flexibility index (Phi) is 6.19. The first kappa shape index (κ1) is 24.4. The highest BCUT2D eigenvalue weighted by Gasteiger charge is 2.19. The van der Waals surface area contributed by atoms with Crippen molar-refractivity contribution < 1.29 is 19.7 Å². The van der Waals surface area contributed by atoms with Gasteiger partial charge < -0.3 is 19.7 Å². The topological polar surface area (TPSA) is 117 Å². The standard InChI is InChI=1S/C30H23N3O5/c1-17-12-29(36)32-30-24(16-31)22(20-8-11-27(37-2)28(13-20)38-3)15-25(33(17)30)19-6-4-18(5-7-19)23-14-21(34)9-10-26(23)35/h4-15,34-35H,1-3H3. The molecular weight excluding hydrogens is 482 g/mol. The fraction of sp³-hybridized carbons (Fsp3) is 0.100. The summed E-state index contributed by atoms with van der Waals surface area (Å²) in [5, 5.41) is 30.3. The molecule has 38 heavy (non-hydrogen) atoms. The Balaban J connectivity index is 1.77. The number of pyridine rings is 1. The predicted molar refractivity (Wildman–Crippen MR) is 144 cm³/mol. The zero-order chi connectivity index (χ0) is 27.0. The van der Waals surface area contributed by atoms with Crippen molar-refractivity contribution in [1.29, 1.82) is 5.26 Å². The van der Waals surface area contributed by atoms with Crippen LogP contribution in [0.2, 0.25) is 0 Å². The molecule has 0 aliphatic heterocycles. The normalized spacial score (nSPS) is 10.8. The molecule has 0 radical (unpaired) electrons. The Labute approximate surface area is 218 Å². The summed E-state index contributed by atoms with van der Waals surface area (Å²) in [6, 6.07) is 22.6. The zero-order valence-corrected chi connectivity index (χ0v) is 20.9. The van der Waals surface area contributed by atoms with Crippen molar-refractivity contribution in [2.75, 3.05) is 14.2 Å². The summed E-state index contributed by atoms with van der Waals surface area (Å²) >= 11 is 0. The van der Waals surface area contributed by atoms with Gasteiger partial charge in [0.1, 0.15) is 23.1 Å². The van der Waals surface area contributed by atoms with Gasteiger partial charge in [0.05, 0.1) is 19.9 Å². The molecule has 188 valence electrons. The first-order chi connectivity index (χ1) is 18.3. The molecule has 0 aliphatic carbocycles. The number of benzene rings is 3. The Bertz CT molecular complexity index is 1800. The molecule has 0 amide bonds. The minimum Gasteiger partial charge on any atom is -0.508 e. The highest BCUT2D eigenvalue weighted by atomic mass is 16.5. The van der Waals surface area contributed by atoms with Crippen molar-refractivity contribution in [3.05, 3.63) is 94.4 Å². The van der Waals surface area contributed by atoms with Gasteiger partial charge >= 0.3 is 0 Å². The van der Waals surface area contributed by atoms with E-state index in [0.717, 1.165) is 5.56 Å². The summed E-state index contributed by atoms with van der Waals surface area (Å²) in [6.07, 6.45) is 0. The lowest BCUT2D eigenvalue weighted by Crippen LogP contribution is -2.14. The molecule has 8 heteroatoms. The third-order valence-electron chi connectivity index (χ3n) is 6.41. The lowest BCUT2D eigenvalue weighted by Gasteiger charge is -2.17. The first-order valence-corrected chi connectivity index (χ1v) is 11.7. The van der Waals surface area contributed by atoms with Crippen LogP contribution in [0.1, 0.15) is 11.3 Å². The van der Waals surface area contributed by atoms with Crippen LogP contribution < -0.4 is 15.0 Å². The number of phenols is 2. The predicted octanol–water partition coefficient (Wildman–Crippen LogP) is 5.30. The fourth-order valence-corrected chi connectivity index (χ4v) is 4.59. The second-order valence-corrected chi connectivity index (χ2v) is 8.67. The van der Waals surface area contributed by atoms with Gasteiger partial charge in [0.15, 0.2) is 17.1 Å². The van der Waals surface area contributed by atoms with Gasteiger partial charge in [-0.3, -0.25) is 9.20 Å². The van der Waals surface area contributed by atoms with E-state index >= 15 is 0 Å². The van der Waals surface area contributed by atoms with Gasteiger partial charge in [-0.15, -0.1) is 0 Å². The average Bonchev–Trinajstić information content (AvgIpc) is 2.93. The number of aryl methyl sites for hydroxylation is 1. The number of aromatic hydroxyl groups is 2. The summed E-state index contributed by atoms with van der Waals surface area (Å²) in [7, 11) is 3.08. The first-order valence-electron chi connectivity index (χ1n) is 11.7. The molecule has 0 saturated heterocycles. The molecule has 8 nitrogen and oxygen atoms in total. The van der Waals surface area contributed by atoms with E-state index in [-0.39, 0.29) is 22.7 Å². The monoisotopic (exact) mass is 505 g/mol. The average molecular weight is 506 g/mol. The number of methoxy groups -OCH3 is 2. The Morgan fingerprint density at radius 2 is 1.50 bits per heavy atom. The van der Waals surface area contributed by atoms with Crippen LogP contribution in [0.15, 0.2) is 77.6 Å². The van der Waals surface area contributed by atoms with Crippen LogP contribution in [-0.4, -0.2) is 33.8 Å². The van der Waals surface area contributed by atoms with Crippen LogP contribution in [0.5, 0.6) is 23.0 Å². The molecule has 5 aromatic rings. The van der Waals surface area contributed by atoms with Gasteiger partial charge in [-0.2, -0.15) is 10.2 Å². The van der Waals surface area contributed by atoms with E-state index in [2.05, 4.69) is 11.1 Å². The minimum absolute atomic E-state index is 0.0465. The molecule has 2 aromatic heterocycles. The summed E-state index contributed by atoms with van der Waals surface area (Å²) < 4.78 is 12.6. The van der Waals surface area contributed by atoms with Gasteiger partial charge in [0.2, 0.25) is 0 Å². The molecule has 2 N–H and O–H groups in total. The van der Waals surface area contributed by atoms with E-state index in [0.29, 0.717) is 45.1 Å². The van der Waals surface area contributed by atoms with E-state index in [1.165, 1.54) is 31.4 Å². The SMILES string of the molecule is COc1ccc(-c2cc(-c3ccc(-c4cc(O)ccc4O)cc3)n3c(C)cc(=O)nc3c2C#N)cc1OC. The maximum Gasteiger partial charge on any atom is 0.273 e. The largest absolute Gasteiger partial charge is 0.508 e. The summed E-state index contributed by atoms with van der Waals surface area (Å²) in [4.78, 5) is 16.6. The molecule has 0 fully saturated rings. The van der Waals surface area contributed by atoms with Crippen LogP contribution in [0.25, 0.3) is 39.2 Å². The van der Waals surface area contributed by atoms with Crippen LogP contribution >= 0.6 is 0 Å². The maximum atomic E-state index is 12.4. The third-order valence-corrected chi connectivity index (χ3v) is 6.41. The number of hydrogen-bond donors (Lipinski definition) is 2. The number of nitriles is 1. The molecule has 2 heterocycles. The molecule has 0 spiro atoms. The van der Waals surface area contributed by atoms with Crippen molar-refractivity contribution in [3.8, 4) is 62.6 Å². The molecule has 0 saturated carbocycles. The van der Waals surface area contributed by atoms with Gasteiger partial charge in [-0.25, -0.2) is 0 Å². The lowest BCUT2D eigenvalue weighted by molar-refractivity contribution is 0.355. The van der Waals surface area contributed by atoms with Crippen molar-refractivity contribution in [3.63, 3.8) is 0 Å². The van der Waals surface area contributed by atoms with E-state index < -0.39 is 5.56 Å². The number of ether oxygens (including phenoxy) is 2. The summed E-state index contributed by atoms with van der Waals surface area (Å²) in [6.45, 7) is 1.79. The highest BCUT2D eigenvalue weighted by molar-refractivity contribution is 5.84. The molecular formula is C30H23N3O5. The molecule has 0 bridgehead atoms.